The third-order valence-corrected chi connectivity index (χ3v) is 6.16. The highest BCUT2D eigenvalue weighted by Crippen LogP contribution is 2.19. The molecule has 1 aliphatic rings. The van der Waals surface area contributed by atoms with Crippen molar-refractivity contribution in [3.8, 4) is 0 Å². The first-order chi connectivity index (χ1) is 16.0. The molecule has 1 aliphatic heterocycles. The zero-order valence-corrected chi connectivity index (χ0v) is 19.2. The van der Waals surface area contributed by atoms with Gasteiger partial charge in [-0.25, -0.2) is 0 Å². The molecule has 2 unspecified atom stereocenters. The molecule has 2 atom stereocenters. The minimum Gasteiger partial charge on any atom is -0.343 e. The lowest BCUT2D eigenvalue weighted by molar-refractivity contribution is -0.128. The van der Waals surface area contributed by atoms with Crippen LogP contribution in [0, 0.1) is 0 Å². The summed E-state index contributed by atoms with van der Waals surface area (Å²) in [5.74, 6) is 0.0458. The maximum absolute atomic E-state index is 13.2. The number of anilines is 1. The normalized spacial score (nSPS) is 16.0. The van der Waals surface area contributed by atoms with Gasteiger partial charge in [-0.1, -0.05) is 80.6 Å². The quantitative estimate of drug-likeness (QED) is 0.515. The first-order valence-electron chi connectivity index (χ1n) is 11.5. The Hall–Kier alpha value is -3.44. The van der Waals surface area contributed by atoms with Gasteiger partial charge in [0.15, 0.2) is 0 Å². The minimum absolute atomic E-state index is 0.157. The van der Waals surface area contributed by atoms with Crippen LogP contribution < -0.4 is 16.0 Å². The van der Waals surface area contributed by atoms with E-state index < -0.39 is 6.04 Å². The lowest BCUT2D eigenvalue weighted by atomic mass is 9.95. The molecule has 2 amide bonds. The number of fused-ring (bicyclic) bond motifs is 1. The smallest absolute Gasteiger partial charge is 0.247 e. The third-order valence-electron chi connectivity index (χ3n) is 6.16. The van der Waals surface area contributed by atoms with E-state index in [4.69, 9.17) is 0 Å². The van der Waals surface area contributed by atoms with Crippen LogP contribution in [-0.2, 0) is 29.0 Å². The van der Waals surface area contributed by atoms with Gasteiger partial charge >= 0.3 is 0 Å². The number of nitrogens with one attached hydrogen (secondary N) is 3. The summed E-state index contributed by atoms with van der Waals surface area (Å²) >= 11 is 0. The Labute approximate surface area is 195 Å². The zero-order chi connectivity index (χ0) is 23.2. The number of rotatable bonds is 7. The minimum atomic E-state index is -0.677. The van der Waals surface area contributed by atoms with Gasteiger partial charge in [0, 0.05) is 18.7 Å². The van der Waals surface area contributed by atoms with Crippen LogP contribution >= 0.6 is 0 Å². The molecule has 5 nitrogen and oxygen atoms in total. The van der Waals surface area contributed by atoms with Crippen molar-refractivity contribution in [1.82, 2.24) is 10.6 Å². The van der Waals surface area contributed by atoms with E-state index in [1.165, 1.54) is 16.7 Å². The third kappa shape index (κ3) is 5.88. The van der Waals surface area contributed by atoms with Crippen molar-refractivity contribution in [3.63, 3.8) is 0 Å². The zero-order valence-electron chi connectivity index (χ0n) is 19.2. The molecule has 0 bridgehead atoms. The summed E-state index contributed by atoms with van der Waals surface area (Å²) < 4.78 is 0. The van der Waals surface area contributed by atoms with Crippen LogP contribution in [0.2, 0.25) is 0 Å². The number of carbonyl (C=O) groups excluding carboxylic acids is 2. The summed E-state index contributed by atoms with van der Waals surface area (Å²) in [5, 5.41) is 9.29. The van der Waals surface area contributed by atoms with Gasteiger partial charge < -0.3 is 16.0 Å². The number of carbonyl (C=O) groups is 2. The maximum Gasteiger partial charge on any atom is 0.247 e. The summed E-state index contributed by atoms with van der Waals surface area (Å²) in [5.41, 5.74) is 5.32. The predicted molar refractivity (Wildman–Crippen MR) is 132 cm³/mol. The van der Waals surface area contributed by atoms with Gasteiger partial charge in [-0.3, -0.25) is 9.59 Å². The average molecular weight is 442 g/mol. The molecule has 3 aromatic carbocycles. The summed E-state index contributed by atoms with van der Waals surface area (Å²) in [7, 11) is 0. The van der Waals surface area contributed by atoms with Gasteiger partial charge in [0.2, 0.25) is 11.8 Å². The van der Waals surface area contributed by atoms with Crippen LogP contribution in [0.25, 0.3) is 0 Å². The van der Waals surface area contributed by atoms with E-state index in [0.29, 0.717) is 25.3 Å². The second-order valence-corrected chi connectivity index (χ2v) is 8.92. The van der Waals surface area contributed by atoms with Crippen molar-refractivity contribution in [2.75, 3.05) is 5.32 Å². The van der Waals surface area contributed by atoms with Crippen molar-refractivity contribution in [3.05, 3.63) is 101 Å². The largest absolute Gasteiger partial charge is 0.343 e. The molecule has 0 spiro atoms. The predicted octanol–water partition coefficient (Wildman–Crippen LogP) is 4.19. The van der Waals surface area contributed by atoms with Crippen molar-refractivity contribution in [2.45, 2.75) is 51.2 Å². The Balaban J connectivity index is 1.47. The van der Waals surface area contributed by atoms with Gasteiger partial charge in [-0.05, 0) is 46.7 Å². The molecule has 5 heteroatoms. The highest BCUT2D eigenvalue weighted by Gasteiger charge is 2.28. The molecule has 170 valence electrons. The van der Waals surface area contributed by atoms with Crippen LogP contribution in [0.3, 0.4) is 0 Å². The number of amides is 2. The standard InChI is InChI=1S/C28H31N3O2/c1-19(2)21-12-14-24(15-13-21)30-28(33)26(16-20-8-4-3-5-9-20)31-27(32)25-17-22-10-6-7-11-23(22)18-29-25/h3-15,19,25-26,29H,16-18H2,1-2H3,(H,30,33)(H,31,32). The molecule has 0 aromatic heterocycles. The van der Waals surface area contributed by atoms with E-state index >= 15 is 0 Å². The van der Waals surface area contributed by atoms with E-state index in [1.807, 2.05) is 66.7 Å². The second-order valence-electron chi connectivity index (χ2n) is 8.92. The van der Waals surface area contributed by atoms with Crippen molar-refractivity contribution >= 4 is 17.5 Å². The average Bonchev–Trinajstić information content (AvgIpc) is 2.84. The molecule has 0 aliphatic carbocycles. The van der Waals surface area contributed by atoms with Crippen molar-refractivity contribution in [1.29, 1.82) is 0 Å². The molecule has 0 saturated carbocycles. The summed E-state index contributed by atoms with van der Waals surface area (Å²) in [6.45, 7) is 4.92. The van der Waals surface area contributed by atoms with Crippen LogP contribution in [0.15, 0.2) is 78.9 Å². The fourth-order valence-corrected chi connectivity index (χ4v) is 4.15. The lowest BCUT2D eigenvalue weighted by Crippen LogP contribution is -2.53. The Kier molecular flexibility index (Phi) is 7.20. The van der Waals surface area contributed by atoms with Crippen molar-refractivity contribution in [2.24, 2.45) is 0 Å². The molecule has 0 saturated heterocycles. The SMILES string of the molecule is CC(C)c1ccc(NC(=O)C(Cc2ccccc2)NC(=O)C2Cc3ccccc3CN2)cc1. The highest BCUT2D eigenvalue weighted by molar-refractivity contribution is 5.98. The fourth-order valence-electron chi connectivity index (χ4n) is 4.15. The van der Waals surface area contributed by atoms with Crippen LogP contribution in [0.4, 0.5) is 5.69 Å². The molecule has 3 N–H and O–H groups in total. The number of hydrogen-bond acceptors (Lipinski definition) is 3. The van der Waals surface area contributed by atoms with Crippen LogP contribution in [0.5, 0.6) is 0 Å². The van der Waals surface area contributed by atoms with E-state index in [0.717, 1.165) is 11.3 Å². The number of hydrogen-bond donors (Lipinski definition) is 3. The molecule has 1 heterocycles. The van der Waals surface area contributed by atoms with E-state index in [9.17, 15) is 9.59 Å². The van der Waals surface area contributed by atoms with Gasteiger partial charge in [-0.2, -0.15) is 0 Å². The van der Waals surface area contributed by atoms with Gasteiger partial charge in [0.1, 0.15) is 6.04 Å². The second kappa shape index (κ2) is 10.5. The fraction of sp³-hybridized carbons (Fsp3) is 0.286. The number of benzene rings is 3. The molecule has 33 heavy (non-hydrogen) atoms. The molecule has 0 fully saturated rings. The Morgan fingerprint density at radius 1 is 0.909 bits per heavy atom. The van der Waals surface area contributed by atoms with E-state index in [1.54, 1.807) is 0 Å². The monoisotopic (exact) mass is 441 g/mol. The topological polar surface area (TPSA) is 70.2 Å². The van der Waals surface area contributed by atoms with Crippen LogP contribution in [-0.4, -0.2) is 23.9 Å². The van der Waals surface area contributed by atoms with Gasteiger partial charge in [-0.15, -0.1) is 0 Å². The van der Waals surface area contributed by atoms with Crippen molar-refractivity contribution < 1.29 is 9.59 Å². The molecular formula is C28H31N3O2. The van der Waals surface area contributed by atoms with Gasteiger partial charge in [0.25, 0.3) is 0 Å². The summed E-state index contributed by atoms with van der Waals surface area (Å²) in [4.78, 5) is 26.3. The first kappa shape index (κ1) is 22.7. The summed E-state index contributed by atoms with van der Waals surface area (Å²) in [6, 6.07) is 24.7. The Morgan fingerprint density at radius 2 is 1.58 bits per heavy atom. The lowest BCUT2D eigenvalue weighted by Gasteiger charge is -2.27. The molecular weight excluding hydrogens is 410 g/mol. The van der Waals surface area contributed by atoms with E-state index in [-0.39, 0.29) is 17.9 Å². The van der Waals surface area contributed by atoms with Gasteiger partial charge in [0.05, 0.1) is 6.04 Å². The van der Waals surface area contributed by atoms with E-state index in [2.05, 4.69) is 41.9 Å². The first-order valence-corrected chi connectivity index (χ1v) is 11.5. The van der Waals surface area contributed by atoms with Crippen LogP contribution in [0.1, 0.15) is 42.0 Å². The Morgan fingerprint density at radius 3 is 2.27 bits per heavy atom. The Bertz CT molecular complexity index is 1090. The molecule has 0 radical (unpaired) electrons. The summed E-state index contributed by atoms with van der Waals surface area (Å²) in [6.07, 6.45) is 1.03. The molecule has 3 aromatic rings. The maximum atomic E-state index is 13.2. The molecule has 4 rings (SSSR count). The highest BCUT2D eigenvalue weighted by atomic mass is 16.2.